The minimum absolute atomic E-state index is 0.197. The number of amides is 1. The monoisotopic (exact) mass is 439 g/mol. The Kier molecular flexibility index (Phi) is 5.57. The molecular weight excluding hydrogens is 422 g/mol. The number of halogens is 1. The van der Waals surface area contributed by atoms with Crippen molar-refractivity contribution in [1.82, 2.24) is 14.9 Å². The molecule has 0 unspecified atom stereocenters. The van der Waals surface area contributed by atoms with E-state index in [2.05, 4.69) is 10.3 Å². The second kappa shape index (κ2) is 8.30. The molecule has 2 heterocycles. The lowest BCUT2D eigenvalue weighted by molar-refractivity contribution is 0.0696. The Labute approximate surface area is 181 Å². The molecule has 6 nitrogen and oxygen atoms in total. The Balaban J connectivity index is 1.59. The van der Waals surface area contributed by atoms with E-state index in [0.717, 1.165) is 21.3 Å². The van der Waals surface area contributed by atoms with E-state index in [4.69, 9.17) is 16.7 Å². The third kappa shape index (κ3) is 4.08. The van der Waals surface area contributed by atoms with Gasteiger partial charge in [0.15, 0.2) is 4.47 Å². The van der Waals surface area contributed by atoms with E-state index in [0.29, 0.717) is 16.6 Å². The highest BCUT2D eigenvalue weighted by molar-refractivity contribution is 7.15. The van der Waals surface area contributed by atoms with Crippen molar-refractivity contribution in [2.24, 2.45) is 0 Å². The summed E-state index contributed by atoms with van der Waals surface area (Å²) in [7, 11) is 0. The number of nitrogens with zero attached hydrogens (tertiary/aromatic N) is 2. The number of nitrogens with one attached hydrogen (secondary N) is 1. The van der Waals surface area contributed by atoms with Gasteiger partial charge in [0.2, 0.25) is 0 Å². The molecule has 0 radical (unpaired) electrons. The average Bonchev–Trinajstić information content (AvgIpc) is 3.34. The number of carbonyl (C=O) groups excluding carboxylic acids is 1. The fraction of sp³-hybridized carbons (Fsp3) is 0.136. The molecule has 8 heteroatoms. The van der Waals surface area contributed by atoms with Crippen LogP contribution in [0.25, 0.3) is 10.9 Å². The van der Waals surface area contributed by atoms with E-state index in [-0.39, 0.29) is 17.5 Å². The van der Waals surface area contributed by atoms with Gasteiger partial charge in [0.1, 0.15) is 0 Å². The molecule has 30 heavy (non-hydrogen) atoms. The highest BCUT2D eigenvalue weighted by Crippen LogP contribution is 2.25. The lowest BCUT2D eigenvalue weighted by Gasteiger charge is -2.16. The van der Waals surface area contributed by atoms with Crippen LogP contribution >= 0.6 is 22.9 Å². The number of carboxylic acid groups (broad SMARTS) is 1. The molecule has 2 aromatic carbocycles. The summed E-state index contributed by atoms with van der Waals surface area (Å²) < 4.78 is 2.50. The SMILES string of the molecule is C[C@H](NC(=O)c1cccc2ccn(Cc3cnc(Cl)s3)c12)c1ccc(C(=O)O)cc1. The zero-order valence-corrected chi connectivity index (χ0v) is 17.6. The molecule has 0 saturated heterocycles. The number of hydrogen-bond donors (Lipinski definition) is 2. The summed E-state index contributed by atoms with van der Waals surface area (Å²) in [5.74, 6) is -1.18. The average molecular weight is 440 g/mol. The van der Waals surface area contributed by atoms with Crippen molar-refractivity contribution < 1.29 is 14.7 Å². The highest BCUT2D eigenvalue weighted by Gasteiger charge is 2.17. The Morgan fingerprint density at radius 2 is 1.97 bits per heavy atom. The predicted molar refractivity (Wildman–Crippen MR) is 117 cm³/mol. The predicted octanol–water partition coefficient (Wildman–Crippen LogP) is 4.99. The van der Waals surface area contributed by atoms with E-state index >= 15 is 0 Å². The first-order valence-electron chi connectivity index (χ1n) is 9.24. The number of para-hydroxylation sites is 1. The van der Waals surface area contributed by atoms with Crippen molar-refractivity contribution in [1.29, 1.82) is 0 Å². The number of benzene rings is 2. The van der Waals surface area contributed by atoms with Gasteiger partial charge in [-0.05, 0) is 36.8 Å². The van der Waals surface area contributed by atoms with Crippen LogP contribution in [-0.4, -0.2) is 26.5 Å². The fourth-order valence-corrected chi connectivity index (χ4v) is 4.35. The van der Waals surface area contributed by atoms with Gasteiger partial charge in [0.05, 0.1) is 29.2 Å². The number of carbonyl (C=O) groups is 2. The number of carboxylic acids is 1. The van der Waals surface area contributed by atoms with Crippen LogP contribution in [0, 0.1) is 0 Å². The normalized spacial score (nSPS) is 12.1. The molecule has 2 N–H and O–H groups in total. The quantitative estimate of drug-likeness (QED) is 0.443. The van der Waals surface area contributed by atoms with Crippen LogP contribution in [0.1, 0.15) is 44.1 Å². The molecule has 0 aliphatic carbocycles. The summed E-state index contributed by atoms with van der Waals surface area (Å²) in [4.78, 5) is 29.2. The summed E-state index contributed by atoms with van der Waals surface area (Å²) in [5.41, 5.74) is 2.45. The van der Waals surface area contributed by atoms with Crippen molar-refractivity contribution >= 4 is 45.7 Å². The molecule has 0 aliphatic rings. The molecule has 2 aromatic heterocycles. The van der Waals surface area contributed by atoms with Gasteiger partial charge in [-0.3, -0.25) is 4.79 Å². The van der Waals surface area contributed by atoms with Gasteiger partial charge >= 0.3 is 5.97 Å². The number of aromatic nitrogens is 2. The molecule has 0 saturated carbocycles. The van der Waals surface area contributed by atoms with Crippen LogP contribution in [0.3, 0.4) is 0 Å². The number of aromatic carboxylic acids is 1. The van der Waals surface area contributed by atoms with Crippen molar-refractivity contribution in [3.8, 4) is 0 Å². The van der Waals surface area contributed by atoms with Crippen molar-refractivity contribution in [3.05, 3.63) is 87.0 Å². The number of hydrogen-bond acceptors (Lipinski definition) is 4. The molecule has 1 atom stereocenters. The van der Waals surface area contributed by atoms with E-state index in [1.165, 1.54) is 23.5 Å². The number of thiazole rings is 1. The minimum Gasteiger partial charge on any atom is -0.478 e. The molecule has 4 aromatic rings. The lowest BCUT2D eigenvalue weighted by atomic mass is 10.0. The van der Waals surface area contributed by atoms with Crippen LogP contribution in [0.15, 0.2) is 60.9 Å². The number of fused-ring (bicyclic) bond motifs is 1. The molecule has 1 amide bonds. The van der Waals surface area contributed by atoms with E-state index in [1.807, 2.05) is 35.9 Å². The Hall–Kier alpha value is -3.16. The van der Waals surface area contributed by atoms with Gasteiger partial charge in [0.25, 0.3) is 5.91 Å². The van der Waals surface area contributed by atoms with Crippen molar-refractivity contribution in [3.63, 3.8) is 0 Å². The largest absolute Gasteiger partial charge is 0.478 e. The van der Waals surface area contributed by atoms with Crippen molar-refractivity contribution in [2.45, 2.75) is 19.5 Å². The van der Waals surface area contributed by atoms with E-state index in [9.17, 15) is 9.59 Å². The highest BCUT2D eigenvalue weighted by atomic mass is 35.5. The van der Waals surface area contributed by atoms with Gasteiger partial charge in [-0.15, -0.1) is 11.3 Å². The maximum Gasteiger partial charge on any atom is 0.335 e. The zero-order valence-electron chi connectivity index (χ0n) is 16.0. The summed E-state index contributed by atoms with van der Waals surface area (Å²) >= 11 is 7.36. The van der Waals surface area contributed by atoms with Gasteiger partial charge in [-0.25, -0.2) is 9.78 Å². The van der Waals surface area contributed by atoms with Gasteiger partial charge < -0.3 is 15.0 Å². The third-order valence-electron chi connectivity index (χ3n) is 4.89. The minimum atomic E-state index is -0.979. The topological polar surface area (TPSA) is 84.2 Å². The Bertz CT molecular complexity index is 1230. The van der Waals surface area contributed by atoms with Crippen LogP contribution in [0.5, 0.6) is 0 Å². The molecule has 4 rings (SSSR count). The molecule has 0 fully saturated rings. The molecule has 0 spiro atoms. The summed E-state index contributed by atoms with van der Waals surface area (Å²) in [6.07, 6.45) is 3.69. The van der Waals surface area contributed by atoms with Crippen LogP contribution in [0.4, 0.5) is 0 Å². The summed E-state index contributed by atoms with van der Waals surface area (Å²) in [6.45, 7) is 2.44. The standard InChI is InChI=1S/C22H18ClN3O3S/c1-13(14-5-7-16(8-6-14)21(28)29)25-20(27)18-4-2-3-15-9-10-26(19(15)18)12-17-11-24-22(23)30-17/h2-11,13H,12H2,1H3,(H,25,27)(H,28,29)/t13-/m0/s1. The lowest BCUT2D eigenvalue weighted by Crippen LogP contribution is -2.27. The molecule has 0 bridgehead atoms. The molecule has 152 valence electrons. The van der Waals surface area contributed by atoms with Crippen molar-refractivity contribution in [2.75, 3.05) is 0 Å². The van der Waals surface area contributed by atoms with E-state index in [1.54, 1.807) is 24.4 Å². The van der Waals surface area contributed by atoms with Crippen LogP contribution in [-0.2, 0) is 6.54 Å². The summed E-state index contributed by atoms with van der Waals surface area (Å²) in [6, 6.07) is 13.8. The first-order chi connectivity index (χ1) is 14.4. The molecule has 0 aliphatic heterocycles. The second-order valence-corrected chi connectivity index (χ2v) is 8.59. The smallest absolute Gasteiger partial charge is 0.335 e. The second-order valence-electron chi connectivity index (χ2n) is 6.89. The third-order valence-corrected chi connectivity index (χ3v) is 5.99. The van der Waals surface area contributed by atoms with Gasteiger partial charge in [0, 0.05) is 22.7 Å². The van der Waals surface area contributed by atoms with Gasteiger partial charge in [-0.1, -0.05) is 35.9 Å². The zero-order chi connectivity index (χ0) is 21.3. The Morgan fingerprint density at radius 3 is 2.63 bits per heavy atom. The van der Waals surface area contributed by atoms with Crippen LogP contribution in [0.2, 0.25) is 4.47 Å². The Morgan fingerprint density at radius 1 is 1.20 bits per heavy atom. The fourth-order valence-electron chi connectivity index (χ4n) is 3.37. The first-order valence-corrected chi connectivity index (χ1v) is 10.4. The van der Waals surface area contributed by atoms with Crippen LogP contribution < -0.4 is 5.32 Å². The van der Waals surface area contributed by atoms with E-state index < -0.39 is 5.97 Å². The summed E-state index contributed by atoms with van der Waals surface area (Å²) in [5, 5.41) is 13.0. The molecular formula is C22H18ClN3O3S. The van der Waals surface area contributed by atoms with Gasteiger partial charge in [-0.2, -0.15) is 0 Å². The maximum absolute atomic E-state index is 13.1. The number of rotatable bonds is 6. The first kappa shape index (κ1) is 20.1. The maximum atomic E-state index is 13.1.